The highest BCUT2D eigenvalue weighted by Gasteiger charge is 2.33. The monoisotopic (exact) mass is 377 g/mol. The van der Waals surface area contributed by atoms with Crippen LogP contribution in [0.1, 0.15) is 10.5 Å². The number of para-hydroxylation sites is 1. The maximum absolute atomic E-state index is 12.3. The second-order valence-corrected chi connectivity index (χ2v) is 7.35. The standard InChI is InChI=1S/C20H15N3O3S/c24-19(16-10-17(26-22-16)13-6-2-1-3-7-13)25-14-11-23(12-14)20-21-15-8-4-5-9-18(15)27-20/h1-10,14H,11-12H2. The number of hydrogen-bond donors (Lipinski definition) is 0. The third-order valence-electron chi connectivity index (χ3n) is 4.45. The van der Waals surface area contributed by atoms with E-state index in [1.807, 2.05) is 48.5 Å². The highest BCUT2D eigenvalue weighted by molar-refractivity contribution is 7.22. The Morgan fingerprint density at radius 3 is 2.70 bits per heavy atom. The molecule has 0 radical (unpaired) electrons. The molecule has 0 atom stereocenters. The van der Waals surface area contributed by atoms with Crippen molar-refractivity contribution < 1.29 is 14.1 Å². The van der Waals surface area contributed by atoms with Gasteiger partial charge in [0, 0.05) is 11.6 Å². The van der Waals surface area contributed by atoms with E-state index in [0.717, 1.165) is 20.9 Å². The Bertz CT molecular complexity index is 1070. The number of carbonyl (C=O) groups excluding carboxylic acids is 1. The van der Waals surface area contributed by atoms with Crippen LogP contribution in [0.15, 0.2) is 65.2 Å². The lowest BCUT2D eigenvalue weighted by Crippen LogP contribution is -2.53. The Balaban J connectivity index is 1.21. The fraction of sp³-hybridized carbons (Fsp3) is 0.150. The average molecular weight is 377 g/mol. The molecule has 4 aromatic rings. The summed E-state index contributed by atoms with van der Waals surface area (Å²) < 4.78 is 11.9. The maximum atomic E-state index is 12.3. The molecule has 0 bridgehead atoms. The van der Waals surface area contributed by atoms with Gasteiger partial charge in [0.15, 0.2) is 16.6 Å². The van der Waals surface area contributed by atoms with Gasteiger partial charge >= 0.3 is 5.97 Å². The minimum absolute atomic E-state index is 0.165. The molecule has 5 rings (SSSR count). The van der Waals surface area contributed by atoms with E-state index in [2.05, 4.69) is 21.1 Å². The lowest BCUT2D eigenvalue weighted by molar-refractivity contribution is 0.0223. The van der Waals surface area contributed by atoms with E-state index < -0.39 is 5.97 Å². The Morgan fingerprint density at radius 2 is 1.89 bits per heavy atom. The van der Waals surface area contributed by atoms with Gasteiger partial charge in [0.05, 0.1) is 23.3 Å². The number of ether oxygens (including phenoxy) is 1. The number of esters is 1. The molecule has 134 valence electrons. The van der Waals surface area contributed by atoms with Crippen molar-refractivity contribution >= 4 is 32.7 Å². The van der Waals surface area contributed by atoms with Crippen molar-refractivity contribution in [2.45, 2.75) is 6.10 Å². The van der Waals surface area contributed by atoms with Crippen molar-refractivity contribution in [3.8, 4) is 11.3 Å². The summed E-state index contributed by atoms with van der Waals surface area (Å²) in [7, 11) is 0. The number of carbonyl (C=O) groups is 1. The molecule has 0 unspecified atom stereocenters. The number of fused-ring (bicyclic) bond motifs is 1. The molecule has 2 aromatic heterocycles. The number of anilines is 1. The maximum Gasteiger partial charge on any atom is 0.360 e. The van der Waals surface area contributed by atoms with Crippen molar-refractivity contribution in [2.24, 2.45) is 0 Å². The van der Waals surface area contributed by atoms with Gasteiger partial charge in [-0.1, -0.05) is 59.0 Å². The number of thiazole rings is 1. The Hall–Kier alpha value is -3.19. The minimum Gasteiger partial charge on any atom is -0.454 e. The summed E-state index contributed by atoms with van der Waals surface area (Å²) in [5, 5.41) is 4.79. The third-order valence-corrected chi connectivity index (χ3v) is 5.55. The third kappa shape index (κ3) is 3.06. The summed E-state index contributed by atoms with van der Waals surface area (Å²) >= 11 is 1.65. The van der Waals surface area contributed by atoms with Gasteiger partial charge in [-0.05, 0) is 12.1 Å². The first kappa shape index (κ1) is 16.0. The van der Waals surface area contributed by atoms with E-state index in [4.69, 9.17) is 9.26 Å². The lowest BCUT2D eigenvalue weighted by atomic mass is 10.1. The van der Waals surface area contributed by atoms with Crippen LogP contribution in [-0.4, -0.2) is 35.3 Å². The summed E-state index contributed by atoms with van der Waals surface area (Å²) in [5.41, 5.74) is 2.05. The van der Waals surface area contributed by atoms with Crippen molar-refractivity contribution in [3.63, 3.8) is 0 Å². The van der Waals surface area contributed by atoms with Crippen molar-refractivity contribution in [1.29, 1.82) is 0 Å². The number of aromatic nitrogens is 2. The van der Waals surface area contributed by atoms with E-state index >= 15 is 0 Å². The molecule has 0 amide bonds. The molecule has 3 heterocycles. The van der Waals surface area contributed by atoms with Gasteiger partial charge in [-0.15, -0.1) is 0 Å². The molecule has 1 fully saturated rings. The van der Waals surface area contributed by atoms with Gasteiger partial charge in [0.1, 0.15) is 6.10 Å². The van der Waals surface area contributed by atoms with E-state index in [0.29, 0.717) is 18.8 Å². The molecular weight excluding hydrogens is 362 g/mol. The van der Waals surface area contributed by atoms with Gasteiger partial charge in [0.2, 0.25) is 0 Å². The second-order valence-electron chi connectivity index (χ2n) is 6.34. The van der Waals surface area contributed by atoms with Crippen molar-refractivity contribution in [1.82, 2.24) is 10.1 Å². The summed E-state index contributed by atoms with van der Waals surface area (Å²) in [6.45, 7) is 1.27. The van der Waals surface area contributed by atoms with Crippen LogP contribution < -0.4 is 4.90 Å². The Labute approximate surface area is 159 Å². The van der Waals surface area contributed by atoms with Gasteiger partial charge in [-0.3, -0.25) is 0 Å². The van der Waals surface area contributed by atoms with Crippen LogP contribution in [0.2, 0.25) is 0 Å². The van der Waals surface area contributed by atoms with Crippen LogP contribution in [0.3, 0.4) is 0 Å². The van der Waals surface area contributed by atoms with Gasteiger partial charge in [0.25, 0.3) is 0 Å². The summed E-state index contributed by atoms with van der Waals surface area (Å²) in [5.74, 6) is 0.0853. The van der Waals surface area contributed by atoms with E-state index in [1.54, 1.807) is 17.4 Å². The fourth-order valence-corrected chi connectivity index (χ4v) is 3.97. The molecule has 27 heavy (non-hydrogen) atoms. The summed E-state index contributed by atoms with van der Waals surface area (Å²) in [6, 6.07) is 19.2. The molecule has 0 spiro atoms. The topological polar surface area (TPSA) is 68.5 Å². The second kappa shape index (κ2) is 6.51. The van der Waals surface area contributed by atoms with Gasteiger partial charge < -0.3 is 14.2 Å². The van der Waals surface area contributed by atoms with Crippen LogP contribution in [0.25, 0.3) is 21.5 Å². The number of benzene rings is 2. The van der Waals surface area contributed by atoms with Crippen LogP contribution in [0, 0.1) is 0 Å². The van der Waals surface area contributed by atoms with Crippen LogP contribution in [0.5, 0.6) is 0 Å². The molecule has 0 aliphatic carbocycles. The smallest absolute Gasteiger partial charge is 0.360 e. The first-order valence-electron chi connectivity index (χ1n) is 8.60. The quantitative estimate of drug-likeness (QED) is 0.501. The largest absolute Gasteiger partial charge is 0.454 e. The van der Waals surface area contributed by atoms with Gasteiger partial charge in [-0.25, -0.2) is 9.78 Å². The van der Waals surface area contributed by atoms with Crippen molar-refractivity contribution in [3.05, 3.63) is 66.4 Å². The first-order valence-corrected chi connectivity index (χ1v) is 9.41. The predicted molar refractivity (Wildman–Crippen MR) is 103 cm³/mol. The lowest BCUT2D eigenvalue weighted by Gasteiger charge is -2.37. The van der Waals surface area contributed by atoms with Gasteiger partial charge in [-0.2, -0.15) is 0 Å². The molecular formula is C20H15N3O3S. The van der Waals surface area contributed by atoms with Crippen LogP contribution >= 0.6 is 11.3 Å². The highest BCUT2D eigenvalue weighted by Crippen LogP contribution is 2.32. The zero-order valence-electron chi connectivity index (χ0n) is 14.2. The van der Waals surface area contributed by atoms with E-state index in [-0.39, 0.29) is 11.8 Å². The zero-order chi connectivity index (χ0) is 18.2. The predicted octanol–water partition coefficient (Wildman–Crippen LogP) is 4.00. The first-order chi connectivity index (χ1) is 13.3. The summed E-state index contributed by atoms with van der Waals surface area (Å²) in [4.78, 5) is 19.0. The van der Waals surface area contributed by atoms with Crippen LogP contribution in [0.4, 0.5) is 5.13 Å². The van der Waals surface area contributed by atoms with Crippen LogP contribution in [-0.2, 0) is 4.74 Å². The molecule has 1 aliphatic heterocycles. The van der Waals surface area contributed by atoms with E-state index in [1.165, 1.54) is 0 Å². The van der Waals surface area contributed by atoms with E-state index in [9.17, 15) is 4.79 Å². The highest BCUT2D eigenvalue weighted by atomic mass is 32.1. The molecule has 1 aliphatic rings. The molecule has 6 nitrogen and oxygen atoms in total. The normalized spacial score (nSPS) is 14.3. The number of hydrogen-bond acceptors (Lipinski definition) is 7. The molecule has 7 heteroatoms. The SMILES string of the molecule is O=C(OC1CN(c2nc3ccccc3s2)C1)c1cc(-c2ccccc2)on1. The fourth-order valence-electron chi connectivity index (χ4n) is 2.99. The molecule has 0 saturated carbocycles. The molecule has 2 aromatic carbocycles. The molecule has 1 saturated heterocycles. The van der Waals surface area contributed by atoms with Crippen molar-refractivity contribution in [2.75, 3.05) is 18.0 Å². The Kier molecular flexibility index (Phi) is 3.86. The number of rotatable bonds is 4. The zero-order valence-corrected chi connectivity index (χ0v) is 15.1. The Morgan fingerprint density at radius 1 is 1.11 bits per heavy atom. The summed E-state index contributed by atoms with van der Waals surface area (Å²) in [6.07, 6.45) is -0.165. The number of nitrogens with zero attached hydrogens (tertiary/aromatic N) is 3. The minimum atomic E-state index is -0.463. The molecule has 0 N–H and O–H groups in total. The average Bonchev–Trinajstić information content (AvgIpc) is 3.31.